The number of amides is 2. The fourth-order valence-corrected chi connectivity index (χ4v) is 2.17. The highest BCUT2D eigenvalue weighted by Crippen LogP contribution is 2.17. The molecule has 0 aliphatic carbocycles. The van der Waals surface area contributed by atoms with Gasteiger partial charge in [0.25, 0.3) is 0 Å². The molecule has 1 aliphatic heterocycles. The first-order chi connectivity index (χ1) is 10.1. The molecule has 0 spiro atoms. The minimum absolute atomic E-state index is 0.201. The van der Waals surface area contributed by atoms with Crippen LogP contribution in [0, 0.1) is 11.3 Å². The van der Waals surface area contributed by atoms with Gasteiger partial charge >= 0.3 is 6.03 Å². The molecule has 2 atom stereocenters. The Kier molecular flexibility index (Phi) is 5.14. The van der Waals surface area contributed by atoms with Crippen LogP contribution in [0.15, 0.2) is 24.3 Å². The molecule has 6 nitrogen and oxygen atoms in total. The zero-order chi connectivity index (χ0) is 15.2. The van der Waals surface area contributed by atoms with E-state index in [4.69, 9.17) is 10.00 Å². The van der Waals surface area contributed by atoms with Crippen molar-refractivity contribution in [2.24, 2.45) is 0 Å². The van der Waals surface area contributed by atoms with Crippen molar-refractivity contribution in [1.29, 1.82) is 5.26 Å². The summed E-state index contributed by atoms with van der Waals surface area (Å²) in [5.41, 5.74) is 1.85. The van der Waals surface area contributed by atoms with Crippen LogP contribution in [0.1, 0.15) is 18.5 Å². The van der Waals surface area contributed by atoms with E-state index in [1.165, 1.54) is 0 Å². The monoisotopic (exact) mass is 288 g/mol. The summed E-state index contributed by atoms with van der Waals surface area (Å²) in [5.74, 6) is 0. The number of nitrogens with one attached hydrogen (secondary N) is 2. The van der Waals surface area contributed by atoms with Gasteiger partial charge in [-0.15, -0.1) is 0 Å². The number of nitriles is 1. The average molecular weight is 288 g/mol. The standard InChI is InChI=1S/C15H20N4O2/c1-11(17-2)12-4-3-5-13(8-12)18-15(20)19-6-7-21-14(9-16)10-19/h3-5,8,11,14,17H,6-7,10H2,1-2H3,(H,18,20). The predicted octanol–water partition coefficient (Wildman–Crippen LogP) is 1.72. The number of rotatable bonds is 3. The molecular formula is C15H20N4O2. The second kappa shape index (κ2) is 7.07. The van der Waals surface area contributed by atoms with Crippen LogP contribution in [-0.4, -0.2) is 43.8 Å². The van der Waals surface area contributed by atoms with E-state index in [1.807, 2.05) is 37.4 Å². The predicted molar refractivity (Wildman–Crippen MR) is 79.9 cm³/mol. The second-order valence-corrected chi connectivity index (χ2v) is 5.00. The van der Waals surface area contributed by atoms with Crippen LogP contribution in [-0.2, 0) is 4.74 Å². The summed E-state index contributed by atoms with van der Waals surface area (Å²) in [7, 11) is 1.89. The summed E-state index contributed by atoms with van der Waals surface area (Å²) < 4.78 is 5.23. The minimum atomic E-state index is -0.542. The first-order valence-electron chi connectivity index (χ1n) is 6.98. The lowest BCUT2D eigenvalue weighted by Crippen LogP contribution is -2.46. The second-order valence-electron chi connectivity index (χ2n) is 5.00. The molecule has 1 aliphatic rings. The Morgan fingerprint density at radius 1 is 1.57 bits per heavy atom. The van der Waals surface area contributed by atoms with E-state index in [2.05, 4.69) is 17.6 Å². The van der Waals surface area contributed by atoms with Crippen molar-refractivity contribution >= 4 is 11.7 Å². The Balaban J connectivity index is 2.01. The van der Waals surface area contributed by atoms with Gasteiger partial charge in [-0.25, -0.2) is 4.79 Å². The zero-order valence-electron chi connectivity index (χ0n) is 12.3. The van der Waals surface area contributed by atoms with Gasteiger partial charge in [0.1, 0.15) is 0 Å². The number of carbonyl (C=O) groups excluding carboxylic acids is 1. The highest BCUT2D eigenvalue weighted by atomic mass is 16.5. The average Bonchev–Trinajstić information content (AvgIpc) is 2.54. The molecule has 1 saturated heterocycles. The maximum absolute atomic E-state index is 12.2. The third-order valence-corrected chi connectivity index (χ3v) is 3.57. The third-order valence-electron chi connectivity index (χ3n) is 3.57. The van der Waals surface area contributed by atoms with Gasteiger partial charge in [0.15, 0.2) is 6.10 Å². The molecule has 0 radical (unpaired) electrons. The van der Waals surface area contributed by atoms with E-state index in [1.54, 1.807) is 4.90 Å². The van der Waals surface area contributed by atoms with Gasteiger partial charge in [0.05, 0.1) is 19.2 Å². The number of nitrogens with zero attached hydrogens (tertiary/aromatic N) is 2. The van der Waals surface area contributed by atoms with Crippen LogP contribution < -0.4 is 10.6 Å². The maximum Gasteiger partial charge on any atom is 0.322 e. The molecule has 0 saturated carbocycles. The van der Waals surface area contributed by atoms with E-state index < -0.39 is 6.10 Å². The molecule has 2 N–H and O–H groups in total. The highest BCUT2D eigenvalue weighted by molar-refractivity contribution is 5.89. The largest absolute Gasteiger partial charge is 0.360 e. The number of carbonyl (C=O) groups is 1. The van der Waals surface area contributed by atoms with Crippen molar-refractivity contribution in [2.45, 2.75) is 19.1 Å². The maximum atomic E-state index is 12.2. The van der Waals surface area contributed by atoms with Crippen molar-refractivity contribution in [2.75, 3.05) is 32.1 Å². The van der Waals surface area contributed by atoms with Gasteiger partial charge in [0.2, 0.25) is 0 Å². The smallest absolute Gasteiger partial charge is 0.322 e. The van der Waals surface area contributed by atoms with E-state index in [-0.39, 0.29) is 12.1 Å². The van der Waals surface area contributed by atoms with Gasteiger partial charge < -0.3 is 20.3 Å². The summed E-state index contributed by atoms with van der Waals surface area (Å²) in [6.45, 7) is 3.24. The number of urea groups is 1. The zero-order valence-corrected chi connectivity index (χ0v) is 12.3. The fraction of sp³-hybridized carbons (Fsp3) is 0.467. The van der Waals surface area contributed by atoms with Crippen LogP contribution in [0.4, 0.5) is 10.5 Å². The van der Waals surface area contributed by atoms with Crippen LogP contribution >= 0.6 is 0 Å². The highest BCUT2D eigenvalue weighted by Gasteiger charge is 2.23. The van der Waals surface area contributed by atoms with Crippen molar-refractivity contribution in [1.82, 2.24) is 10.2 Å². The van der Waals surface area contributed by atoms with Gasteiger partial charge in [-0.2, -0.15) is 5.26 Å². The Morgan fingerprint density at radius 3 is 3.10 bits per heavy atom. The summed E-state index contributed by atoms with van der Waals surface area (Å²) in [6.07, 6.45) is -0.542. The third kappa shape index (κ3) is 3.94. The lowest BCUT2D eigenvalue weighted by Gasteiger charge is -2.29. The fourth-order valence-electron chi connectivity index (χ4n) is 2.17. The Hall–Kier alpha value is -2.10. The van der Waals surface area contributed by atoms with Gasteiger partial charge in [0, 0.05) is 18.3 Å². The number of anilines is 1. The number of hydrogen-bond donors (Lipinski definition) is 2. The van der Waals surface area contributed by atoms with Crippen molar-refractivity contribution < 1.29 is 9.53 Å². The molecule has 1 aromatic carbocycles. The molecule has 0 aromatic heterocycles. The molecule has 1 heterocycles. The molecule has 0 bridgehead atoms. The van der Waals surface area contributed by atoms with Gasteiger partial charge in [-0.05, 0) is 31.7 Å². The molecule has 112 valence electrons. The Morgan fingerprint density at radius 2 is 2.38 bits per heavy atom. The molecule has 21 heavy (non-hydrogen) atoms. The molecular weight excluding hydrogens is 268 g/mol. The van der Waals surface area contributed by atoms with E-state index in [9.17, 15) is 4.79 Å². The van der Waals surface area contributed by atoms with Gasteiger partial charge in [-0.3, -0.25) is 0 Å². The van der Waals surface area contributed by atoms with Crippen LogP contribution in [0.3, 0.4) is 0 Å². The molecule has 2 rings (SSSR count). The van der Waals surface area contributed by atoms with Crippen LogP contribution in [0.2, 0.25) is 0 Å². The first-order valence-corrected chi connectivity index (χ1v) is 6.98. The lowest BCUT2D eigenvalue weighted by molar-refractivity contribution is 0.0181. The van der Waals surface area contributed by atoms with Crippen LogP contribution in [0.5, 0.6) is 0 Å². The summed E-state index contributed by atoms with van der Waals surface area (Å²) >= 11 is 0. The molecule has 1 aromatic rings. The summed E-state index contributed by atoms with van der Waals surface area (Å²) in [4.78, 5) is 13.8. The molecule has 1 fully saturated rings. The van der Waals surface area contributed by atoms with Crippen molar-refractivity contribution in [3.05, 3.63) is 29.8 Å². The SMILES string of the molecule is CNC(C)c1cccc(NC(=O)N2CCOC(C#N)C2)c1. The lowest BCUT2D eigenvalue weighted by atomic mass is 10.1. The number of ether oxygens (including phenoxy) is 1. The summed E-state index contributed by atoms with van der Waals surface area (Å²) in [5, 5.41) is 14.9. The van der Waals surface area contributed by atoms with E-state index >= 15 is 0 Å². The first kappa shape index (κ1) is 15.3. The minimum Gasteiger partial charge on any atom is -0.360 e. The van der Waals surface area contributed by atoms with Crippen molar-refractivity contribution in [3.8, 4) is 6.07 Å². The quantitative estimate of drug-likeness (QED) is 0.888. The van der Waals surface area contributed by atoms with Crippen LogP contribution in [0.25, 0.3) is 0 Å². The topological polar surface area (TPSA) is 77.4 Å². The van der Waals surface area contributed by atoms with Gasteiger partial charge in [-0.1, -0.05) is 12.1 Å². The summed E-state index contributed by atoms with van der Waals surface area (Å²) in [6, 6.07) is 9.77. The number of hydrogen-bond acceptors (Lipinski definition) is 4. The molecule has 2 unspecified atom stereocenters. The van der Waals surface area contributed by atoms with Crippen molar-refractivity contribution in [3.63, 3.8) is 0 Å². The normalized spacial score (nSPS) is 19.7. The number of benzene rings is 1. The molecule has 6 heteroatoms. The molecule has 2 amide bonds. The Labute approximate surface area is 124 Å². The Bertz CT molecular complexity index is 541. The van der Waals surface area contributed by atoms with E-state index in [0.717, 1.165) is 11.3 Å². The van der Waals surface area contributed by atoms with E-state index in [0.29, 0.717) is 19.7 Å². The number of morpholine rings is 1.